The maximum Gasteiger partial charge on any atom is 0.317 e. The first-order valence-corrected chi connectivity index (χ1v) is 8.55. The predicted octanol–water partition coefficient (Wildman–Crippen LogP) is 2.78. The quantitative estimate of drug-likeness (QED) is 0.877. The van der Waals surface area contributed by atoms with Crippen LogP contribution in [0.25, 0.3) is 0 Å². The largest absolute Gasteiger partial charge is 0.349 e. The molecule has 0 bridgehead atoms. The van der Waals surface area contributed by atoms with E-state index in [0.29, 0.717) is 18.7 Å². The van der Waals surface area contributed by atoms with Crippen molar-refractivity contribution >= 4 is 11.9 Å². The number of benzene rings is 1. The molecular formula is C18H27N3O2. The average molecular weight is 317 g/mol. The number of amides is 3. The molecular weight excluding hydrogens is 290 g/mol. The van der Waals surface area contributed by atoms with Crippen LogP contribution in [0.5, 0.6) is 0 Å². The molecule has 1 fully saturated rings. The Labute approximate surface area is 138 Å². The van der Waals surface area contributed by atoms with Gasteiger partial charge in [-0.05, 0) is 37.8 Å². The third kappa shape index (κ3) is 4.98. The number of urea groups is 1. The first kappa shape index (κ1) is 17.3. The van der Waals surface area contributed by atoms with Crippen LogP contribution < -0.4 is 10.6 Å². The summed E-state index contributed by atoms with van der Waals surface area (Å²) in [5.41, 5.74) is 0.682. The van der Waals surface area contributed by atoms with Crippen molar-refractivity contribution in [1.29, 1.82) is 0 Å². The van der Waals surface area contributed by atoms with Gasteiger partial charge < -0.3 is 15.5 Å². The molecule has 23 heavy (non-hydrogen) atoms. The van der Waals surface area contributed by atoms with Crippen LogP contribution in [0, 0.1) is 0 Å². The van der Waals surface area contributed by atoms with Gasteiger partial charge in [0, 0.05) is 30.7 Å². The molecule has 2 N–H and O–H groups in total. The summed E-state index contributed by atoms with van der Waals surface area (Å²) in [6, 6.07) is 9.65. The molecule has 1 heterocycles. The predicted molar refractivity (Wildman–Crippen MR) is 91.4 cm³/mol. The number of hydrogen-bond donors (Lipinski definition) is 2. The lowest BCUT2D eigenvalue weighted by Crippen LogP contribution is -2.51. The molecule has 1 aliphatic heterocycles. The van der Waals surface area contributed by atoms with Crippen LogP contribution in [0.4, 0.5) is 4.79 Å². The molecule has 126 valence electrons. The summed E-state index contributed by atoms with van der Waals surface area (Å²) < 4.78 is 0. The second-order valence-electron chi connectivity index (χ2n) is 6.06. The lowest BCUT2D eigenvalue weighted by atomic mass is 10.0. The molecule has 3 amide bonds. The number of hydrogen-bond acceptors (Lipinski definition) is 2. The highest BCUT2D eigenvalue weighted by Crippen LogP contribution is 2.12. The number of piperidine rings is 1. The normalized spacial score (nSPS) is 15.5. The fraction of sp³-hybridized carbons (Fsp3) is 0.556. The topological polar surface area (TPSA) is 61.4 Å². The van der Waals surface area contributed by atoms with E-state index in [9.17, 15) is 9.59 Å². The second-order valence-corrected chi connectivity index (χ2v) is 6.06. The lowest BCUT2D eigenvalue weighted by molar-refractivity contribution is 0.0917. The minimum atomic E-state index is -0.0365. The third-order valence-corrected chi connectivity index (χ3v) is 4.47. The molecule has 0 atom stereocenters. The Morgan fingerprint density at radius 1 is 1.13 bits per heavy atom. The van der Waals surface area contributed by atoms with Crippen molar-refractivity contribution in [2.75, 3.05) is 13.1 Å². The molecule has 1 saturated heterocycles. The van der Waals surface area contributed by atoms with Crippen LogP contribution in [-0.2, 0) is 0 Å². The molecule has 0 aromatic heterocycles. The Hall–Kier alpha value is -2.04. The highest BCUT2D eigenvalue weighted by Gasteiger charge is 2.24. The number of nitrogens with one attached hydrogen (secondary N) is 2. The van der Waals surface area contributed by atoms with Gasteiger partial charge in [0.2, 0.25) is 0 Å². The average Bonchev–Trinajstić information content (AvgIpc) is 2.60. The van der Waals surface area contributed by atoms with Gasteiger partial charge in [-0.3, -0.25) is 4.79 Å². The van der Waals surface area contributed by atoms with Crippen molar-refractivity contribution in [3.8, 4) is 0 Å². The van der Waals surface area contributed by atoms with Crippen molar-refractivity contribution in [2.24, 2.45) is 0 Å². The van der Waals surface area contributed by atoms with Crippen LogP contribution in [0.15, 0.2) is 30.3 Å². The van der Waals surface area contributed by atoms with Gasteiger partial charge in [-0.15, -0.1) is 0 Å². The number of carbonyl (C=O) groups excluding carboxylic acids is 2. The Morgan fingerprint density at radius 2 is 1.74 bits per heavy atom. The van der Waals surface area contributed by atoms with Gasteiger partial charge in [0.25, 0.3) is 5.91 Å². The Morgan fingerprint density at radius 3 is 2.30 bits per heavy atom. The molecule has 0 radical (unpaired) electrons. The molecule has 0 saturated carbocycles. The van der Waals surface area contributed by atoms with Gasteiger partial charge in [-0.1, -0.05) is 32.0 Å². The lowest BCUT2D eigenvalue weighted by Gasteiger charge is -2.33. The maximum atomic E-state index is 12.2. The molecule has 2 rings (SSSR count). The smallest absolute Gasteiger partial charge is 0.317 e. The fourth-order valence-corrected chi connectivity index (χ4v) is 2.84. The number of likely N-dealkylation sites (tertiary alicyclic amines) is 1. The van der Waals surface area contributed by atoms with E-state index in [0.717, 1.165) is 25.7 Å². The van der Waals surface area contributed by atoms with E-state index >= 15 is 0 Å². The summed E-state index contributed by atoms with van der Waals surface area (Å²) in [7, 11) is 0. The van der Waals surface area contributed by atoms with Crippen molar-refractivity contribution < 1.29 is 9.59 Å². The summed E-state index contributed by atoms with van der Waals surface area (Å²) >= 11 is 0. The maximum absolute atomic E-state index is 12.2. The van der Waals surface area contributed by atoms with Crippen LogP contribution in [0.3, 0.4) is 0 Å². The van der Waals surface area contributed by atoms with Crippen LogP contribution >= 0.6 is 0 Å². The summed E-state index contributed by atoms with van der Waals surface area (Å²) in [5.74, 6) is -0.0365. The summed E-state index contributed by atoms with van der Waals surface area (Å²) in [5, 5.41) is 6.13. The molecule has 0 unspecified atom stereocenters. The summed E-state index contributed by atoms with van der Waals surface area (Å²) in [6.45, 7) is 5.54. The van der Waals surface area contributed by atoms with Crippen LogP contribution in [-0.4, -0.2) is 42.0 Å². The van der Waals surface area contributed by atoms with Crippen molar-refractivity contribution in [3.05, 3.63) is 35.9 Å². The first-order chi connectivity index (χ1) is 11.1. The zero-order valence-corrected chi connectivity index (χ0v) is 14.0. The van der Waals surface area contributed by atoms with Gasteiger partial charge >= 0.3 is 6.03 Å². The second kappa shape index (κ2) is 8.56. The van der Waals surface area contributed by atoms with Gasteiger partial charge in [-0.25, -0.2) is 4.79 Å². The Bertz CT molecular complexity index is 506. The standard InChI is InChI=1S/C18H27N3O2/c1-3-15(4-2)20-18(23)21-12-10-16(11-13-21)19-17(22)14-8-6-5-7-9-14/h5-9,15-16H,3-4,10-13H2,1-2H3,(H,19,22)(H,20,23). The SMILES string of the molecule is CCC(CC)NC(=O)N1CCC(NC(=O)c2ccccc2)CC1. The third-order valence-electron chi connectivity index (χ3n) is 4.47. The van der Waals surface area contributed by atoms with E-state index in [1.165, 1.54) is 0 Å². The molecule has 5 nitrogen and oxygen atoms in total. The molecule has 1 aromatic carbocycles. The van der Waals surface area contributed by atoms with Gasteiger partial charge in [0.05, 0.1) is 0 Å². The Kier molecular flexibility index (Phi) is 6.44. The molecule has 5 heteroatoms. The number of rotatable bonds is 5. The van der Waals surface area contributed by atoms with Crippen molar-refractivity contribution in [2.45, 2.75) is 51.6 Å². The minimum absolute atomic E-state index is 0.0199. The number of carbonyl (C=O) groups is 2. The zero-order valence-electron chi connectivity index (χ0n) is 14.0. The summed E-state index contributed by atoms with van der Waals surface area (Å²) in [4.78, 5) is 26.2. The van der Waals surface area contributed by atoms with E-state index in [1.54, 1.807) is 0 Å². The summed E-state index contributed by atoms with van der Waals surface area (Å²) in [6.07, 6.45) is 3.50. The molecule has 0 spiro atoms. The van der Waals surface area contributed by atoms with E-state index in [4.69, 9.17) is 0 Å². The Balaban J connectivity index is 1.77. The van der Waals surface area contributed by atoms with Gasteiger partial charge in [-0.2, -0.15) is 0 Å². The van der Waals surface area contributed by atoms with Crippen LogP contribution in [0.2, 0.25) is 0 Å². The van der Waals surface area contributed by atoms with E-state index < -0.39 is 0 Å². The van der Waals surface area contributed by atoms with Gasteiger partial charge in [0.1, 0.15) is 0 Å². The van der Waals surface area contributed by atoms with E-state index in [2.05, 4.69) is 24.5 Å². The van der Waals surface area contributed by atoms with Gasteiger partial charge in [0.15, 0.2) is 0 Å². The van der Waals surface area contributed by atoms with Crippen molar-refractivity contribution in [3.63, 3.8) is 0 Å². The highest BCUT2D eigenvalue weighted by molar-refractivity contribution is 5.94. The minimum Gasteiger partial charge on any atom is -0.349 e. The molecule has 1 aromatic rings. The molecule has 1 aliphatic rings. The van der Waals surface area contributed by atoms with Crippen LogP contribution in [0.1, 0.15) is 49.9 Å². The van der Waals surface area contributed by atoms with E-state index in [1.807, 2.05) is 35.2 Å². The zero-order chi connectivity index (χ0) is 16.7. The monoisotopic (exact) mass is 317 g/mol. The first-order valence-electron chi connectivity index (χ1n) is 8.55. The fourth-order valence-electron chi connectivity index (χ4n) is 2.84. The molecule has 0 aliphatic carbocycles. The highest BCUT2D eigenvalue weighted by atomic mass is 16.2. The number of nitrogens with zero attached hydrogens (tertiary/aromatic N) is 1. The van der Waals surface area contributed by atoms with Crippen molar-refractivity contribution in [1.82, 2.24) is 15.5 Å². The van der Waals surface area contributed by atoms with E-state index in [-0.39, 0.29) is 24.0 Å².